The van der Waals surface area contributed by atoms with Crippen molar-refractivity contribution in [3.63, 3.8) is 0 Å². The van der Waals surface area contributed by atoms with Gasteiger partial charge in [0.15, 0.2) is 0 Å². The van der Waals surface area contributed by atoms with Gasteiger partial charge in [0.05, 0.1) is 50.2 Å². The van der Waals surface area contributed by atoms with Crippen molar-refractivity contribution in [3.05, 3.63) is 74.3 Å². The summed E-state index contributed by atoms with van der Waals surface area (Å²) in [5, 5.41) is 16.7. The number of rotatable bonds is 6. The second kappa shape index (κ2) is 9.30. The van der Waals surface area contributed by atoms with E-state index in [1.807, 2.05) is 0 Å². The van der Waals surface area contributed by atoms with Gasteiger partial charge in [0.1, 0.15) is 5.76 Å². The third-order valence-electron chi connectivity index (χ3n) is 4.29. The van der Waals surface area contributed by atoms with Crippen LogP contribution in [0.2, 0.25) is 10.0 Å². The molecule has 0 saturated heterocycles. The average Bonchev–Trinajstić information content (AvgIpc) is 3.22. The maximum atomic E-state index is 12.4. The zero-order valence-electron chi connectivity index (χ0n) is 15.7. The molecule has 154 valence electrons. The maximum absolute atomic E-state index is 12.4. The van der Waals surface area contributed by atoms with Gasteiger partial charge in [0, 0.05) is 11.4 Å². The summed E-state index contributed by atoms with van der Waals surface area (Å²) in [5.41, 5.74) is 7.03. The number of carbonyl (C=O) groups is 2. The minimum atomic E-state index is -0.746. The van der Waals surface area contributed by atoms with Crippen LogP contribution in [-0.2, 0) is 9.59 Å². The van der Waals surface area contributed by atoms with E-state index in [1.165, 1.54) is 6.26 Å². The van der Waals surface area contributed by atoms with Crippen molar-refractivity contribution in [1.82, 2.24) is 5.32 Å². The fourth-order valence-electron chi connectivity index (χ4n) is 3.00. The third-order valence-corrected chi connectivity index (χ3v) is 6.05. The largest absolute Gasteiger partial charge is 0.468 e. The van der Waals surface area contributed by atoms with Gasteiger partial charge in [-0.3, -0.25) is 9.59 Å². The van der Waals surface area contributed by atoms with E-state index < -0.39 is 11.8 Å². The number of nitrogens with two attached hydrogens (primary N) is 1. The summed E-state index contributed by atoms with van der Waals surface area (Å²) in [6.45, 7) is 1.68. The zero-order chi connectivity index (χ0) is 21.8. The van der Waals surface area contributed by atoms with Gasteiger partial charge < -0.3 is 20.8 Å². The fraction of sp³-hybridized carbons (Fsp3) is 0.150. The van der Waals surface area contributed by atoms with E-state index in [2.05, 4.69) is 16.7 Å². The molecular weight excluding hydrogens is 447 g/mol. The van der Waals surface area contributed by atoms with Crippen LogP contribution in [0.4, 0.5) is 5.69 Å². The highest BCUT2D eigenvalue weighted by Crippen LogP contribution is 2.40. The lowest BCUT2D eigenvalue weighted by Crippen LogP contribution is -2.31. The molecule has 0 bridgehead atoms. The lowest BCUT2D eigenvalue weighted by molar-refractivity contribution is -0.115. The van der Waals surface area contributed by atoms with Crippen molar-refractivity contribution in [3.8, 4) is 6.07 Å². The number of primary amides is 1. The first-order valence-electron chi connectivity index (χ1n) is 8.64. The molecule has 0 aliphatic carbocycles. The molecule has 2 heterocycles. The van der Waals surface area contributed by atoms with E-state index in [-0.39, 0.29) is 22.8 Å². The second-order valence-electron chi connectivity index (χ2n) is 6.30. The molecule has 0 saturated carbocycles. The third kappa shape index (κ3) is 4.65. The summed E-state index contributed by atoms with van der Waals surface area (Å²) in [7, 11) is 0. The number of hydrogen-bond donors (Lipinski definition) is 3. The Morgan fingerprint density at radius 3 is 2.70 bits per heavy atom. The SMILES string of the molecule is CC1=C(C(N)=O)[C@@H](c2ccco2)C(C#N)=C(SCC(=O)Nc2ccc(Cl)c(Cl)c2)N1. The highest BCUT2D eigenvalue weighted by atomic mass is 35.5. The number of amides is 2. The van der Waals surface area contributed by atoms with E-state index in [9.17, 15) is 14.9 Å². The minimum Gasteiger partial charge on any atom is -0.468 e. The van der Waals surface area contributed by atoms with Crippen molar-refractivity contribution in [2.75, 3.05) is 11.1 Å². The number of nitrogens with one attached hydrogen (secondary N) is 2. The molecular formula is C20H16Cl2N4O3S. The molecule has 1 aliphatic heterocycles. The number of nitriles is 1. The van der Waals surface area contributed by atoms with Crippen molar-refractivity contribution >= 4 is 52.5 Å². The first-order valence-corrected chi connectivity index (χ1v) is 10.4. The van der Waals surface area contributed by atoms with E-state index in [0.29, 0.717) is 32.2 Å². The van der Waals surface area contributed by atoms with Crippen LogP contribution in [0.25, 0.3) is 0 Å². The van der Waals surface area contributed by atoms with Gasteiger partial charge in [0.2, 0.25) is 11.8 Å². The summed E-state index contributed by atoms with van der Waals surface area (Å²) in [6, 6.07) is 10.2. The molecule has 0 spiro atoms. The summed E-state index contributed by atoms with van der Waals surface area (Å²) in [4.78, 5) is 24.4. The van der Waals surface area contributed by atoms with Crippen LogP contribution in [0.1, 0.15) is 18.6 Å². The number of carbonyl (C=O) groups excluding carboxylic acids is 2. The normalized spacial score (nSPS) is 16.1. The Bertz CT molecular complexity index is 1100. The number of anilines is 1. The van der Waals surface area contributed by atoms with E-state index in [1.54, 1.807) is 37.3 Å². The Labute approximate surface area is 186 Å². The molecule has 1 aliphatic rings. The molecule has 2 aromatic rings. The Kier molecular flexibility index (Phi) is 6.77. The molecule has 0 unspecified atom stereocenters. The van der Waals surface area contributed by atoms with Crippen LogP contribution < -0.4 is 16.4 Å². The first-order chi connectivity index (χ1) is 14.3. The molecule has 7 nitrogen and oxygen atoms in total. The number of nitrogens with zero attached hydrogens (tertiary/aromatic N) is 1. The molecule has 2 amide bonds. The number of benzene rings is 1. The van der Waals surface area contributed by atoms with Crippen molar-refractivity contribution in [2.45, 2.75) is 12.8 Å². The quantitative estimate of drug-likeness (QED) is 0.592. The number of dihydropyridines is 1. The van der Waals surface area contributed by atoms with Gasteiger partial charge in [0.25, 0.3) is 0 Å². The molecule has 4 N–H and O–H groups in total. The Balaban J connectivity index is 1.81. The molecule has 1 aromatic carbocycles. The van der Waals surface area contributed by atoms with Crippen LogP contribution in [0.15, 0.2) is 62.9 Å². The highest BCUT2D eigenvalue weighted by molar-refractivity contribution is 8.03. The van der Waals surface area contributed by atoms with Crippen LogP contribution in [0, 0.1) is 11.3 Å². The Hall–Kier alpha value is -2.86. The number of furan rings is 1. The molecule has 1 aromatic heterocycles. The molecule has 30 heavy (non-hydrogen) atoms. The van der Waals surface area contributed by atoms with Gasteiger partial charge in [-0.05, 0) is 37.3 Å². The Morgan fingerprint density at radius 1 is 1.33 bits per heavy atom. The van der Waals surface area contributed by atoms with Gasteiger partial charge >= 0.3 is 0 Å². The Morgan fingerprint density at radius 2 is 2.10 bits per heavy atom. The van der Waals surface area contributed by atoms with Crippen molar-refractivity contribution in [2.24, 2.45) is 5.73 Å². The fourth-order valence-corrected chi connectivity index (χ4v) is 4.19. The summed E-state index contributed by atoms with van der Waals surface area (Å²) < 4.78 is 5.44. The number of thioether (sulfide) groups is 1. The maximum Gasteiger partial charge on any atom is 0.247 e. The topological polar surface area (TPSA) is 121 Å². The van der Waals surface area contributed by atoms with Crippen molar-refractivity contribution < 1.29 is 14.0 Å². The van der Waals surface area contributed by atoms with Crippen LogP contribution in [0.3, 0.4) is 0 Å². The average molecular weight is 463 g/mol. The molecule has 1 atom stereocenters. The predicted molar refractivity (Wildman–Crippen MR) is 117 cm³/mol. The number of hydrogen-bond acceptors (Lipinski definition) is 6. The molecule has 3 rings (SSSR count). The zero-order valence-corrected chi connectivity index (χ0v) is 18.0. The smallest absolute Gasteiger partial charge is 0.247 e. The second-order valence-corrected chi connectivity index (χ2v) is 8.10. The van der Waals surface area contributed by atoms with E-state index in [4.69, 9.17) is 33.4 Å². The van der Waals surface area contributed by atoms with Gasteiger partial charge in [-0.1, -0.05) is 35.0 Å². The summed E-state index contributed by atoms with van der Waals surface area (Å²) >= 11 is 13.0. The molecule has 10 heteroatoms. The first kappa shape index (κ1) is 21.8. The molecule has 0 radical (unpaired) electrons. The lowest BCUT2D eigenvalue weighted by atomic mass is 9.86. The predicted octanol–water partition coefficient (Wildman–Crippen LogP) is 4.14. The summed E-state index contributed by atoms with van der Waals surface area (Å²) in [5.74, 6) is -1.28. The minimum absolute atomic E-state index is 0.0117. The van der Waals surface area contributed by atoms with Gasteiger partial charge in [-0.25, -0.2) is 0 Å². The van der Waals surface area contributed by atoms with Gasteiger partial charge in [-0.2, -0.15) is 5.26 Å². The summed E-state index contributed by atoms with van der Waals surface area (Å²) in [6.07, 6.45) is 1.46. The number of halogens is 2. The van der Waals surface area contributed by atoms with E-state index in [0.717, 1.165) is 11.8 Å². The van der Waals surface area contributed by atoms with Crippen molar-refractivity contribution in [1.29, 1.82) is 5.26 Å². The standard InChI is InChI=1S/C20H16Cl2N4O3S/c1-10-17(19(24)28)18(15-3-2-6-29-15)12(8-23)20(25-10)30-9-16(27)26-11-4-5-13(21)14(22)7-11/h2-7,18,25H,9H2,1H3,(H2,24,28)(H,26,27)/t18-/m1/s1. The monoisotopic (exact) mass is 462 g/mol. The van der Waals surface area contributed by atoms with Gasteiger partial charge in [-0.15, -0.1) is 0 Å². The van der Waals surface area contributed by atoms with Crippen LogP contribution in [-0.4, -0.2) is 17.6 Å². The molecule has 0 fully saturated rings. The van der Waals surface area contributed by atoms with Crippen LogP contribution >= 0.6 is 35.0 Å². The van der Waals surface area contributed by atoms with Crippen LogP contribution in [0.5, 0.6) is 0 Å². The highest BCUT2D eigenvalue weighted by Gasteiger charge is 2.35. The number of allylic oxidation sites excluding steroid dienone is 2. The van der Waals surface area contributed by atoms with E-state index >= 15 is 0 Å². The lowest BCUT2D eigenvalue weighted by Gasteiger charge is -2.27.